The van der Waals surface area contributed by atoms with Crippen LogP contribution in [0, 0.1) is 0 Å². The van der Waals surface area contributed by atoms with Gasteiger partial charge in [-0.15, -0.1) is 0 Å². The number of fused-ring (bicyclic) bond motifs is 1. The third-order valence-electron chi connectivity index (χ3n) is 4.01. The van der Waals surface area contributed by atoms with Gasteiger partial charge in [0.1, 0.15) is 12.1 Å². The monoisotopic (exact) mass is 305 g/mol. The molecule has 114 valence electrons. The highest BCUT2D eigenvalue weighted by atomic mass is 16.1. The van der Waals surface area contributed by atoms with Gasteiger partial charge in [0, 0.05) is 12.1 Å². The molecule has 3 heterocycles. The van der Waals surface area contributed by atoms with Gasteiger partial charge in [-0.1, -0.05) is 30.3 Å². The maximum atomic E-state index is 11.8. The first-order valence-electron chi connectivity index (χ1n) is 7.40. The molecule has 0 saturated heterocycles. The maximum absolute atomic E-state index is 11.8. The average molecular weight is 305 g/mol. The molecule has 6 heteroatoms. The lowest BCUT2D eigenvalue weighted by Gasteiger charge is -2.04. The number of rotatable bonds is 3. The summed E-state index contributed by atoms with van der Waals surface area (Å²) in [6, 6.07) is 11.4. The number of aromatic amines is 1. The molecular formula is C17H15N5O. The Kier molecular flexibility index (Phi) is 3.08. The normalized spacial score (nSPS) is 12.7. The van der Waals surface area contributed by atoms with Crippen molar-refractivity contribution < 1.29 is 4.79 Å². The Morgan fingerprint density at radius 1 is 1.17 bits per heavy atom. The molecule has 4 rings (SSSR count). The van der Waals surface area contributed by atoms with Crippen molar-refractivity contribution in [1.82, 2.24) is 15.0 Å². The minimum Gasteiger partial charge on any atom is -0.369 e. The van der Waals surface area contributed by atoms with Gasteiger partial charge in [-0.2, -0.15) is 0 Å². The molecule has 3 aromatic rings. The van der Waals surface area contributed by atoms with Crippen LogP contribution in [0.1, 0.15) is 15.9 Å². The Balaban J connectivity index is 1.89. The zero-order valence-electron chi connectivity index (χ0n) is 12.3. The summed E-state index contributed by atoms with van der Waals surface area (Å²) in [7, 11) is 0. The number of primary amides is 1. The smallest absolute Gasteiger partial charge is 0.250 e. The molecule has 0 atom stereocenters. The van der Waals surface area contributed by atoms with Gasteiger partial charge in [0.05, 0.1) is 22.6 Å². The summed E-state index contributed by atoms with van der Waals surface area (Å²) in [5.74, 6) is 0.390. The maximum Gasteiger partial charge on any atom is 0.250 e. The highest BCUT2D eigenvalue weighted by Gasteiger charge is 2.21. The average Bonchev–Trinajstić information content (AvgIpc) is 3.22. The van der Waals surface area contributed by atoms with Crippen LogP contribution >= 0.6 is 0 Å². The summed E-state index contributed by atoms with van der Waals surface area (Å²) in [6.07, 6.45) is 2.39. The number of carbonyl (C=O) groups excluding carboxylic acids is 1. The first-order valence-corrected chi connectivity index (χ1v) is 7.40. The molecule has 0 bridgehead atoms. The van der Waals surface area contributed by atoms with Crippen molar-refractivity contribution in [3.63, 3.8) is 0 Å². The highest BCUT2D eigenvalue weighted by molar-refractivity contribution is 6.00. The molecule has 0 unspecified atom stereocenters. The molecule has 1 amide bonds. The third-order valence-corrected chi connectivity index (χ3v) is 4.01. The van der Waals surface area contributed by atoms with E-state index in [-0.39, 0.29) is 0 Å². The minimum atomic E-state index is -0.463. The van der Waals surface area contributed by atoms with Crippen LogP contribution < -0.4 is 11.1 Å². The second kappa shape index (κ2) is 5.24. The van der Waals surface area contributed by atoms with Crippen LogP contribution in [0.25, 0.3) is 22.6 Å². The molecule has 0 aliphatic carbocycles. The minimum absolute atomic E-state index is 0.463. The predicted molar refractivity (Wildman–Crippen MR) is 88.0 cm³/mol. The fourth-order valence-electron chi connectivity index (χ4n) is 2.95. The zero-order valence-corrected chi connectivity index (χ0v) is 12.3. The molecule has 0 fully saturated rings. The zero-order chi connectivity index (χ0) is 15.8. The van der Waals surface area contributed by atoms with Gasteiger partial charge in [-0.05, 0) is 18.1 Å². The molecule has 0 spiro atoms. The van der Waals surface area contributed by atoms with E-state index in [2.05, 4.69) is 20.3 Å². The number of hydrogen-bond donors (Lipinski definition) is 3. The van der Waals surface area contributed by atoms with E-state index in [1.807, 2.05) is 30.3 Å². The Morgan fingerprint density at radius 2 is 2.00 bits per heavy atom. The molecule has 1 aliphatic heterocycles. The number of benzene rings is 1. The molecule has 2 aromatic heterocycles. The van der Waals surface area contributed by atoms with Gasteiger partial charge in [0.25, 0.3) is 5.91 Å². The summed E-state index contributed by atoms with van der Waals surface area (Å²) in [5.41, 5.74) is 10.3. The number of anilines is 1. The first kappa shape index (κ1) is 13.5. The molecule has 23 heavy (non-hydrogen) atoms. The van der Waals surface area contributed by atoms with Gasteiger partial charge in [-0.25, -0.2) is 9.97 Å². The number of nitrogens with one attached hydrogen (secondary N) is 2. The Bertz CT molecular complexity index is 885. The summed E-state index contributed by atoms with van der Waals surface area (Å²) in [5, 5.41) is 3.23. The van der Waals surface area contributed by atoms with Gasteiger partial charge >= 0.3 is 0 Å². The fraction of sp³-hybridized carbons (Fsp3) is 0.118. The van der Waals surface area contributed by atoms with E-state index in [0.717, 1.165) is 41.3 Å². The van der Waals surface area contributed by atoms with E-state index in [0.29, 0.717) is 11.3 Å². The Hall–Kier alpha value is -3.15. The van der Waals surface area contributed by atoms with Crippen molar-refractivity contribution in [2.75, 3.05) is 11.9 Å². The summed E-state index contributed by atoms with van der Waals surface area (Å²) >= 11 is 0. The van der Waals surface area contributed by atoms with E-state index in [9.17, 15) is 4.79 Å². The van der Waals surface area contributed by atoms with Gasteiger partial charge in [0.2, 0.25) is 0 Å². The summed E-state index contributed by atoms with van der Waals surface area (Å²) in [6.45, 7) is 0.843. The topological polar surface area (TPSA) is 96.7 Å². The van der Waals surface area contributed by atoms with Gasteiger partial charge in [-0.3, -0.25) is 4.79 Å². The molecule has 0 radical (unpaired) electrons. The van der Waals surface area contributed by atoms with Gasteiger partial charge < -0.3 is 16.0 Å². The second-order valence-corrected chi connectivity index (χ2v) is 5.43. The largest absolute Gasteiger partial charge is 0.369 e. The van der Waals surface area contributed by atoms with Crippen LogP contribution in [0.3, 0.4) is 0 Å². The fourth-order valence-corrected chi connectivity index (χ4v) is 2.95. The quantitative estimate of drug-likeness (QED) is 0.691. The van der Waals surface area contributed by atoms with Crippen molar-refractivity contribution in [3.05, 3.63) is 53.9 Å². The second-order valence-electron chi connectivity index (χ2n) is 5.43. The number of nitrogens with zero attached hydrogens (tertiary/aromatic N) is 2. The summed E-state index contributed by atoms with van der Waals surface area (Å²) < 4.78 is 0. The van der Waals surface area contributed by atoms with Crippen LogP contribution in [0.4, 0.5) is 5.82 Å². The molecule has 4 N–H and O–H groups in total. The number of carbonyl (C=O) groups is 1. The number of H-pyrrole nitrogens is 1. The van der Waals surface area contributed by atoms with Crippen molar-refractivity contribution in [1.29, 1.82) is 0 Å². The number of amides is 1. The first-order chi connectivity index (χ1) is 11.2. The molecule has 1 aromatic carbocycles. The lowest BCUT2D eigenvalue weighted by atomic mass is 10.1. The standard InChI is InChI=1S/C17H15N5O/c18-16(23)12-8-13(22-14(12)10-4-2-1-3-5-10)15-11-6-7-19-17(11)21-9-20-15/h1-5,8-9,22H,6-7H2,(H2,18,23)(H,19,20,21). The van der Waals surface area contributed by atoms with Crippen LogP contribution in [0.5, 0.6) is 0 Å². The van der Waals surface area contributed by atoms with Gasteiger partial charge in [0.15, 0.2) is 0 Å². The number of aromatic nitrogens is 3. The molecule has 0 saturated carbocycles. The highest BCUT2D eigenvalue weighted by Crippen LogP contribution is 2.32. The van der Waals surface area contributed by atoms with Crippen LogP contribution in [0.15, 0.2) is 42.7 Å². The number of hydrogen-bond acceptors (Lipinski definition) is 4. The molecule has 1 aliphatic rings. The Labute approximate surface area is 132 Å². The van der Waals surface area contributed by atoms with E-state index in [1.165, 1.54) is 6.33 Å². The summed E-state index contributed by atoms with van der Waals surface area (Å²) in [4.78, 5) is 23.8. The molecular weight excluding hydrogens is 290 g/mol. The predicted octanol–water partition coefficient (Wildman–Crippen LogP) is 2.21. The Morgan fingerprint density at radius 3 is 2.78 bits per heavy atom. The van der Waals surface area contributed by atoms with Crippen LogP contribution in [0.2, 0.25) is 0 Å². The van der Waals surface area contributed by atoms with E-state index < -0.39 is 5.91 Å². The van der Waals surface area contributed by atoms with Crippen LogP contribution in [-0.2, 0) is 6.42 Å². The molecule has 6 nitrogen and oxygen atoms in total. The van der Waals surface area contributed by atoms with Crippen molar-refractivity contribution in [2.24, 2.45) is 5.73 Å². The van der Waals surface area contributed by atoms with E-state index in [4.69, 9.17) is 5.73 Å². The van der Waals surface area contributed by atoms with E-state index >= 15 is 0 Å². The van der Waals surface area contributed by atoms with Crippen LogP contribution in [-0.4, -0.2) is 27.4 Å². The SMILES string of the molecule is NC(=O)c1cc(-c2ncnc3c2CCN3)[nH]c1-c1ccccc1. The third kappa shape index (κ3) is 2.24. The lowest BCUT2D eigenvalue weighted by molar-refractivity contribution is 0.100. The van der Waals surface area contributed by atoms with Crippen molar-refractivity contribution in [3.8, 4) is 22.6 Å². The van der Waals surface area contributed by atoms with Crippen molar-refractivity contribution >= 4 is 11.7 Å². The number of nitrogens with two attached hydrogens (primary N) is 1. The van der Waals surface area contributed by atoms with E-state index in [1.54, 1.807) is 6.07 Å². The van der Waals surface area contributed by atoms with Crippen molar-refractivity contribution in [2.45, 2.75) is 6.42 Å². The lowest BCUT2D eigenvalue weighted by Crippen LogP contribution is -2.11.